The third-order valence-electron chi connectivity index (χ3n) is 4.72. The highest BCUT2D eigenvalue weighted by Gasteiger charge is 2.25. The predicted molar refractivity (Wildman–Crippen MR) is 114 cm³/mol. The molecular weight excluding hydrogens is 406 g/mol. The number of hydrogen-bond acceptors (Lipinski definition) is 5. The number of ether oxygens (including phenoxy) is 1. The predicted octanol–water partition coefficient (Wildman–Crippen LogP) is 2.62. The highest BCUT2D eigenvalue weighted by Crippen LogP contribution is 2.26. The van der Waals surface area contributed by atoms with Gasteiger partial charge in [0.1, 0.15) is 5.75 Å². The summed E-state index contributed by atoms with van der Waals surface area (Å²) in [4.78, 5) is 24.1. The van der Waals surface area contributed by atoms with Crippen molar-refractivity contribution in [1.82, 2.24) is 4.31 Å². The van der Waals surface area contributed by atoms with Crippen LogP contribution < -0.4 is 15.4 Å². The van der Waals surface area contributed by atoms with E-state index in [-0.39, 0.29) is 17.3 Å². The minimum absolute atomic E-state index is 0.0764. The number of sulfonamides is 1. The Morgan fingerprint density at radius 1 is 1.17 bits per heavy atom. The Morgan fingerprint density at radius 2 is 1.90 bits per heavy atom. The van der Waals surface area contributed by atoms with Crippen LogP contribution in [-0.4, -0.2) is 44.7 Å². The van der Waals surface area contributed by atoms with Gasteiger partial charge in [-0.25, -0.2) is 8.42 Å². The van der Waals surface area contributed by atoms with E-state index in [1.165, 1.54) is 13.1 Å². The van der Waals surface area contributed by atoms with Gasteiger partial charge in [0.05, 0.1) is 18.0 Å². The standard InChI is InChI=1S/C21H25N3O5S/c1-3-29-17-9-7-16(8-10-17)22-21(26)14-24(2)30(27,28)18-11-12-19-15(13-18)5-4-6-20(25)23-19/h7-13H,3-6,14H2,1-2H3,(H,22,26)(H,23,25). The van der Waals surface area contributed by atoms with Crippen molar-refractivity contribution in [3.63, 3.8) is 0 Å². The van der Waals surface area contributed by atoms with Crippen LogP contribution >= 0.6 is 0 Å². The lowest BCUT2D eigenvalue weighted by atomic mass is 10.1. The molecule has 30 heavy (non-hydrogen) atoms. The molecule has 3 rings (SSSR count). The Bertz CT molecular complexity index is 1040. The third-order valence-corrected chi connectivity index (χ3v) is 6.52. The molecule has 0 spiro atoms. The minimum atomic E-state index is -3.86. The van der Waals surface area contributed by atoms with Gasteiger partial charge in [0.2, 0.25) is 21.8 Å². The van der Waals surface area contributed by atoms with Gasteiger partial charge in [-0.15, -0.1) is 0 Å². The number of anilines is 2. The van der Waals surface area contributed by atoms with E-state index in [0.717, 1.165) is 9.87 Å². The minimum Gasteiger partial charge on any atom is -0.494 e. The van der Waals surface area contributed by atoms with Crippen LogP contribution in [0.2, 0.25) is 0 Å². The Hall–Kier alpha value is -2.91. The fraction of sp³-hybridized carbons (Fsp3) is 0.333. The zero-order valence-corrected chi connectivity index (χ0v) is 17.8. The lowest BCUT2D eigenvalue weighted by Crippen LogP contribution is -2.35. The number of nitrogens with zero attached hydrogens (tertiary/aromatic N) is 1. The van der Waals surface area contributed by atoms with E-state index >= 15 is 0 Å². The summed E-state index contributed by atoms with van der Waals surface area (Å²) in [6.45, 7) is 2.10. The molecule has 2 aromatic rings. The summed E-state index contributed by atoms with van der Waals surface area (Å²) in [6.07, 6.45) is 1.67. The van der Waals surface area contributed by atoms with E-state index in [1.54, 1.807) is 36.4 Å². The summed E-state index contributed by atoms with van der Waals surface area (Å²) in [6, 6.07) is 11.5. The zero-order valence-electron chi connectivity index (χ0n) is 17.0. The molecule has 0 aromatic heterocycles. The molecule has 1 heterocycles. The van der Waals surface area contributed by atoms with E-state index in [2.05, 4.69) is 10.6 Å². The molecular formula is C21H25N3O5S. The molecule has 1 aliphatic rings. The second-order valence-electron chi connectivity index (χ2n) is 6.99. The van der Waals surface area contributed by atoms with E-state index in [0.29, 0.717) is 43.0 Å². The first-order valence-electron chi connectivity index (χ1n) is 9.71. The number of nitrogens with one attached hydrogen (secondary N) is 2. The molecule has 0 atom stereocenters. The van der Waals surface area contributed by atoms with Crippen molar-refractivity contribution in [2.75, 3.05) is 30.8 Å². The fourth-order valence-electron chi connectivity index (χ4n) is 3.18. The van der Waals surface area contributed by atoms with Crippen molar-refractivity contribution in [2.24, 2.45) is 0 Å². The second kappa shape index (κ2) is 9.27. The number of aryl methyl sites for hydroxylation is 1. The molecule has 2 aromatic carbocycles. The Balaban J connectivity index is 1.68. The van der Waals surface area contributed by atoms with Crippen LogP contribution in [0, 0.1) is 0 Å². The van der Waals surface area contributed by atoms with Gasteiger partial charge in [0.15, 0.2) is 0 Å². The van der Waals surface area contributed by atoms with Crippen LogP contribution in [0.5, 0.6) is 5.75 Å². The molecule has 1 aliphatic heterocycles. The molecule has 9 heteroatoms. The van der Waals surface area contributed by atoms with Gasteiger partial charge in [-0.1, -0.05) is 0 Å². The number of hydrogen-bond donors (Lipinski definition) is 2. The summed E-state index contributed by atoms with van der Waals surface area (Å²) >= 11 is 0. The van der Waals surface area contributed by atoms with Crippen molar-refractivity contribution >= 4 is 33.2 Å². The van der Waals surface area contributed by atoms with Crippen LogP contribution in [0.15, 0.2) is 47.4 Å². The van der Waals surface area contributed by atoms with Crippen LogP contribution in [0.4, 0.5) is 11.4 Å². The molecule has 160 valence electrons. The van der Waals surface area contributed by atoms with Crippen molar-refractivity contribution in [3.05, 3.63) is 48.0 Å². The highest BCUT2D eigenvalue weighted by atomic mass is 32.2. The largest absolute Gasteiger partial charge is 0.494 e. The maximum atomic E-state index is 12.9. The van der Waals surface area contributed by atoms with E-state index in [4.69, 9.17) is 4.74 Å². The Labute approximate surface area is 176 Å². The van der Waals surface area contributed by atoms with Crippen LogP contribution in [0.25, 0.3) is 0 Å². The van der Waals surface area contributed by atoms with Crippen molar-refractivity contribution in [3.8, 4) is 5.75 Å². The van der Waals surface area contributed by atoms with Crippen molar-refractivity contribution in [1.29, 1.82) is 0 Å². The summed E-state index contributed by atoms with van der Waals surface area (Å²) in [5, 5.41) is 5.46. The third kappa shape index (κ3) is 5.17. The molecule has 0 bridgehead atoms. The van der Waals surface area contributed by atoms with Crippen molar-refractivity contribution in [2.45, 2.75) is 31.1 Å². The highest BCUT2D eigenvalue weighted by molar-refractivity contribution is 7.89. The SMILES string of the molecule is CCOc1ccc(NC(=O)CN(C)S(=O)(=O)c2ccc3c(c2)CCCC(=O)N3)cc1. The summed E-state index contributed by atoms with van der Waals surface area (Å²) in [5.41, 5.74) is 1.96. The van der Waals surface area contributed by atoms with Crippen LogP contribution in [0.1, 0.15) is 25.3 Å². The molecule has 0 aliphatic carbocycles. The summed E-state index contributed by atoms with van der Waals surface area (Å²) < 4.78 is 32.2. The number of fused-ring (bicyclic) bond motifs is 1. The molecule has 0 saturated heterocycles. The molecule has 8 nitrogen and oxygen atoms in total. The molecule has 0 unspecified atom stereocenters. The fourth-order valence-corrected chi connectivity index (χ4v) is 4.36. The zero-order chi connectivity index (χ0) is 21.7. The average molecular weight is 432 g/mol. The monoisotopic (exact) mass is 431 g/mol. The van der Waals surface area contributed by atoms with Gasteiger partial charge < -0.3 is 15.4 Å². The number of carbonyl (C=O) groups is 2. The molecule has 0 saturated carbocycles. The normalized spacial score (nSPS) is 13.9. The van der Waals surface area contributed by atoms with Gasteiger partial charge in [0, 0.05) is 24.8 Å². The van der Waals surface area contributed by atoms with E-state index < -0.39 is 15.9 Å². The number of amides is 2. The molecule has 2 amide bonds. The maximum Gasteiger partial charge on any atom is 0.243 e. The van der Waals surface area contributed by atoms with Gasteiger partial charge in [-0.05, 0) is 67.8 Å². The number of likely N-dealkylation sites (N-methyl/N-ethyl adjacent to an activating group) is 1. The van der Waals surface area contributed by atoms with E-state index in [9.17, 15) is 18.0 Å². The molecule has 0 fully saturated rings. The first-order chi connectivity index (χ1) is 14.3. The average Bonchev–Trinajstić information content (AvgIpc) is 2.89. The second-order valence-corrected chi connectivity index (χ2v) is 9.03. The van der Waals surface area contributed by atoms with E-state index in [1.807, 2.05) is 6.92 Å². The Morgan fingerprint density at radius 3 is 2.60 bits per heavy atom. The maximum absolute atomic E-state index is 12.9. The quantitative estimate of drug-likeness (QED) is 0.701. The lowest BCUT2D eigenvalue weighted by molar-refractivity contribution is -0.117. The molecule has 2 N–H and O–H groups in total. The lowest BCUT2D eigenvalue weighted by Gasteiger charge is -2.18. The summed E-state index contributed by atoms with van der Waals surface area (Å²) in [7, 11) is -2.50. The summed E-state index contributed by atoms with van der Waals surface area (Å²) in [5.74, 6) is 0.161. The van der Waals surface area contributed by atoms with Crippen LogP contribution in [0.3, 0.4) is 0 Å². The van der Waals surface area contributed by atoms with Gasteiger partial charge in [-0.2, -0.15) is 4.31 Å². The number of benzene rings is 2. The smallest absolute Gasteiger partial charge is 0.243 e. The first-order valence-corrected chi connectivity index (χ1v) is 11.2. The van der Waals surface area contributed by atoms with Crippen LogP contribution in [-0.2, 0) is 26.0 Å². The van der Waals surface area contributed by atoms with Crippen molar-refractivity contribution < 1.29 is 22.7 Å². The number of rotatable bonds is 7. The van der Waals surface area contributed by atoms with Gasteiger partial charge in [-0.3, -0.25) is 9.59 Å². The Kier molecular flexibility index (Phi) is 6.73. The topological polar surface area (TPSA) is 105 Å². The molecule has 0 radical (unpaired) electrons. The number of carbonyl (C=O) groups excluding carboxylic acids is 2. The van der Waals surface area contributed by atoms with Gasteiger partial charge in [0.25, 0.3) is 0 Å². The van der Waals surface area contributed by atoms with Gasteiger partial charge >= 0.3 is 0 Å². The first kappa shape index (κ1) is 21.8.